The summed E-state index contributed by atoms with van der Waals surface area (Å²) in [6.45, 7) is 1.84. The van der Waals surface area contributed by atoms with Crippen molar-refractivity contribution >= 4 is 5.84 Å². The highest BCUT2D eigenvalue weighted by Gasteiger charge is 1.99. The number of amidine groups is 1. The molecule has 1 heterocycles. The van der Waals surface area contributed by atoms with Gasteiger partial charge in [0.15, 0.2) is 0 Å². The zero-order valence-corrected chi connectivity index (χ0v) is 5.63. The molecule has 0 aliphatic heterocycles. The lowest BCUT2D eigenvalue weighted by Gasteiger charge is -1.98. The van der Waals surface area contributed by atoms with Crippen molar-refractivity contribution in [2.75, 3.05) is 0 Å². The van der Waals surface area contributed by atoms with Crippen molar-refractivity contribution in [3.8, 4) is 0 Å². The molecule has 1 aromatic rings. The molecule has 0 aliphatic rings. The highest BCUT2D eigenvalue weighted by atomic mass is 15.1. The van der Waals surface area contributed by atoms with Crippen LogP contribution in [0.5, 0.6) is 0 Å². The van der Waals surface area contributed by atoms with Gasteiger partial charge in [0.1, 0.15) is 5.84 Å². The van der Waals surface area contributed by atoms with E-state index in [2.05, 4.69) is 10.2 Å². The molecule has 0 radical (unpaired) electrons. The maximum atomic E-state index is 7.09. The van der Waals surface area contributed by atoms with Crippen LogP contribution in [0.4, 0.5) is 0 Å². The normalized spacial score (nSPS) is 9.30. The molecule has 0 unspecified atom stereocenters. The molecule has 0 bridgehead atoms. The first-order valence-corrected chi connectivity index (χ1v) is 2.83. The molecule has 3 N–H and O–H groups in total. The summed E-state index contributed by atoms with van der Waals surface area (Å²) in [4.78, 5) is 0. The van der Waals surface area contributed by atoms with E-state index in [1.165, 1.54) is 6.20 Å². The van der Waals surface area contributed by atoms with Crippen LogP contribution in [0.15, 0.2) is 12.4 Å². The number of nitrogen functional groups attached to an aromatic ring is 1. The van der Waals surface area contributed by atoms with E-state index in [4.69, 9.17) is 11.1 Å². The van der Waals surface area contributed by atoms with Crippen LogP contribution < -0.4 is 5.73 Å². The minimum atomic E-state index is 0.0346. The number of aryl methyl sites for hydroxylation is 1. The van der Waals surface area contributed by atoms with Crippen LogP contribution in [-0.2, 0) is 0 Å². The van der Waals surface area contributed by atoms with Gasteiger partial charge in [0, 0.05) is 5.56 Å². The highest BCUT2D eigenvalue weighted by Crippen LogP contribution is 2.00. The molecule has 0 saturated heterocycles. The Labute approximate surface area is 58.6 Å². The van der Waals surface area contributed by atoms with Gasteiger partial charge in [0.25, 0.3) is 0 Å². The second kappa shape index (κ2) is 2.43. The minimum Gasteiger partial charge on any atom is -0.384 e. The Balaban J connectivity index is 3.15. The van der Waals surface area contributed by atoms with Gasteiger partial charge < -0.3 is 5.73 Å². The van der Waals surface area contributed by atoms with Crippen molar-refractivity contribution in [2.24, 2.45) is 5.73 Å². The predicted octanol–water partition coefficient (Wildman–Crippen LogP) is 0.0691. The maximum absolute atomic E-state index is 7.09. The van der Waals surface area contributed by atoms with Crippen molar-refractivity contribution in [3.05, 3.63) is 23.5 Å². The highest BCUT2D eigenvalue weighted by molar-refractivity contribution is 5.95. The molecule has 0 saturated carbocycles. The Kier molecular flexibility index (Phi) is 1.62. The molecule has 4 heteroatoms. The third-order valence-electron chi connectivity index (χ3n) is 1.22. The standard InChI is InChI=1S/C6H8N4/c1-4-2-9-10-3-5(4)6(7)8/h2-3H,1H3,(H3,7,8). The van der Waals surface area contributed by atoms with Gasteiger partial charge in [-0.3, -0.25) is 5.41 Å². The second-order valence-corrected chi connectivity index (χ2v) is 2.00. The Morgan fingerprint density at radius 1 is 1.50 bits per heavy atom. The molecular formula is C6H8N4. The zero-order chi connectivity index (χ0) is 7.56. The van der Waals surface area contributed by atoms with Gasteiger partial charge in [-0.05, 0) is 12.5 Å². The van der Waals surface area contributed by atoms with Crippen LogP contribution in [-0.4, -0.2) is 16.0 Å². The fourth-order valence-electron chi connectivity index (χ4n) is 0.664. The molecular weight excluding hydrogens is 128 g/mol. The summed E-state index contributed by atoms with van der Waals surface area (Å²) in [6.07, 6.45) is 3.06. The smallest absolute Gasteiger partial charge is 0.124 e. The third-order valence-corrected chi connectivity index (χ3v) is 1.22. The molecule has 0 fully saturated rings. The van der Waals surface area contributed by atoms with Gasteiger partial charge in [-0.25, -0.2) is 0 Å². The Bertz CT molecular complexity index is 256. The number of hydrogen-bond acceptors (Lipinski definition) is 3. The van der Waals surface area contributed by atoms with E-state index in [-0.39, 0.29) is 5.84 Å². The molecule has 10 heavy (non-hydrogen) atoms. The fourth-order valence-corrected chi connectivity index (χ4v) is 0.664. The largest absolute Gasteiger partial charge is 0.384 e. The number of nitrogens with two attached hydrogens (primary N) is 1. The first-order chi connectivity index (χ1) is 4.72. The lowest BCUT2D eigenvalue weighted by atomic mass is 10.2. The van der Waals surface area contributed by atoms with E-state index in [9.17, 15) is 0 Å². The number of rotatable bonds is 1. The van der Waals surface area contributed by atoms with Gasteiger partial charge in [-0.15, -0.1) is 0 Å². The summed E-state index contributed by atoms with van der Waals surface area (Å²) < 4.78 is 0. The average Bonchev–Trinajstić information content (AvgIpc) is 1.88. The summed E-state index contributed by atoms with van der Waals surface area (Å²) in [5, 5.41) is 14.3. The topological polar surface area (TPSA) is 75.7 Å². The molecule has 0 aromatic carbocycles. The van der Waals surface area contributed by atoms with Crippen LogP contribution in [0.1, 0.15) is 11.1 Å². The van der Waals surface area contributed by atoms with Crippen molar-refractivity contribution in [2.45, 2.75) is 6.92 Å². The molecule has 0 aliphatic carbocycles. The number of hydrogen-bond donors (Lipinski definition) is 2. The number of nitrogens with zero attached hydrogens (tertiary/aromatic N) is 2. The molecule has 0 spiro atoms. The van der Waals surface area contributed by atoms with Crippen molar-refractivity contribution < 1.29 is 0 Å². The van der Waals surface area contributed by atoms with Crippen LogP contribution in [0.3, 0.4) is 0 Å². The fraction of sp³-hybridized carbons (Fsp3) is 0.167. The lowest BCUT2D eigenvalue weighted by Crippen LogP contribution is -2.13. The average molecular weight is 136 g/mol. The van der Waals surface area contributed by atoms with E-state index in [0.29, 0.717) is 5.56 Å². The molecule has 0 amide bonds. The van der Waals surface area contributed by atoms with Crippen LogP contribution in [0, 0.1) is 12.3 Å². The van der Waals surface area contributed by atoms with Gasteiger partial charge in [-0.1, -0.05) is 0 Å². The van der Waals surface area contributed by atoms with Gasteiger partial charge in [0.2, 0.25) is 0 Å². The molecule has 52 valence electrons. The zero-order valence-electron chi connectivity index (χ0n) is 5.63. The summed E-state index contributed by atoms with van der Waals surface area (Å²) in [5.41, 5.74) is 6.76. The molecule has 4 nitrogen and oxygen atoms in total. The summed E-state index contributed by atoms with van der Waals surface area (Å²) >= 11 is 0. The van der Waals surface area contributed by atoms with E-state index < -0.39 is 0 Å². The number of nitrogens with one attached hydrogen (secondary N) is 1. The van der Waals surface area contributed by atoms with Crippen LogP contribution in [0.2, 0.25) is 0 Å². The van der Waals surface area contributed by atoms with Crippen molar-refractivity contribution in [1.29, 1.82) is 5.41 Å². The summed E-state index contributed by atoms with van der Waals surface area (Å²) in [7, 11) is 0. The van der Waals surface area contributed by atoms with Crippen LogP contribution >= 0.6 is 0 Å². The summed E-state index contributed by atoms with van der Waals surface area (Å²) in [5.74, 6) is 0.0346. The first-order valence-electron chi connectivity index (χ1n) is 2.83. The Hall–Kier alpha value is -1.45. The van der Waals surface area contributed by atoms with Gasteiger partial charge >= 0.3 is 0 Å². The van der Waals surface area contributed by atoms with Gasteiger partial charge in [0.05, 0.1) is 12.4 Å². The Morgan fingerprint density at radius 3 is 2.50 bits per heavy atom. The van der Waals surface area contributed by atoms with E-state index >= 15 is 0 Å². The first kappa shape index (κ1) is 6.67. The SMILES string of the molecule is Cc1cnncc1C(=N)N. The maximum Gasteiger partial charge on any atom is 0.124 e. The molecule has 1 rings (SSSR count). The van der Waals surface area contributed by atoms with E-state index in [1.54, 1.807) is 6.20 Å². The molecule has 0 atom stereocenters. The summed E-state index contributed by atoms with van der Waals surface area (Å²) in [6, 6.07) is 0. The van der Waals surface area contributed by atoms with E-state index in [0.717, 1.165) is 5.56 Å². The quantitative estimate of drug-likeness (QED) is 0.423. The van der Waals surface area contributed by atoms with Crippen molar-refractivity contribution in [3.63, 3.8) is 0 Å². The van der Waals surface area contributed by atoms with Gasteiger partial charge in [-0.2, -0.15) is 10.2 Å². The minimum absolute atomic E-state index is 0.0346. The Morgan fingerprint density at radius 2 is 2.10 bits per heavy atom. The second-order valence-electron chi connectivity index (χ2n) is 2.00. The third kappa shape index (κ3) is 1.10. The molecule has 1 aromatic heterocycles. The van der Waals surface area contributed by atoms with Crippen molar-refractivity contribution in [1.82, 2.24) is 10.2 Å². The van der Waals surface area contributed by atoms with Crippen LogP contribution in [0.25, 0.3) is 0 Å². The number of aromatic nitrogens is 2. The van der Waals surface area contributed by atoms with E-state index in [1.807, 2.05) is 6.92 Å². The monoisotopic (exact) mass is 136 g/mol. The predicted molar refractivity (Wildman–Crippen MR) is 37.8 cm³/mol. The lowest BCUT2D eigenvalue weighted by molar-refractivity contribution is 1.01.